The van der Waals surface area contributed by atoms with Gasteiger partial charge in [0.05, 0.1) is 40.1 Å². The van der Waals surface area contributed by atoms with Crippen molar-refractivity contribution >= 4 is 27.0 Å². The summed E-state index contributed by atoms with van der Waals surface area (Å²) in [5.74, 6) is -2.24. The lowest BCUT2D eigenvalue weighted by molar-refractivity contribution is 0.309. The van der Waals surface area contributed by atoms with Crippen molar-refractivity contribution in [1.82, 2.24) is 19.6 Å². The molecule has 0 spiro atoms. The second kappa shape index (κ2) is 9.34. The van der Waals surface area contributed by atoms with Crippen molar-refractivity contribution in [2.24, 2.45) is 11.7 Å². The van der Waals surface area contributed by atoms with Crippen LogP contribution in [0.2, 0.25) is 0 Å². The second-order valence-electron chi connectivity index (χ2n) is 9.61. The molecule has 4 aromatic rings. The van der Waals surface area contributed by atoms with Gasteiger partial charge in [0, 0.05) is 30.6 Å². The number of rotatable bonds is 5. The number of benzene rings is 1. The highest BCUT2D eigenvalue weighted by Gasteiger charge is 2.40. The van der Waals surface area contributed by atoms with E-state index in [9.17, 15) is 22.3 Å². The molecule has 194 valence electrons. The number of aromatic hydroxyl groups is 1. The molecule has 3 aromatic heterocycles. The molecular formula is C25H26F2N6O3S. The molecule has 5 rings (SSSR count). The molecule has 3 heterocycles. The summed E-state index contributed by atoms with van der Waals surface area (Å²) >= 11 is 0. The van der Waals surface area contributed by atoms with Crippen molar-refractivity contribution in [2.45, 2.75) is 37.0 Å². The summed E-state index contributed by atoms with van der Waals surface area (Å²) in [6, 6.07) is 6.11. The Morgan fingerprint density at radius 3 is 2.54 bits per heavy atom. The zero-order valence-electron chi connectivity index (χ0n) is 20.1. The number of phenols is 1. The van der Waals surface area contributed by atoms with E-state index >= 15 is 0 Å². The lowest BCUT2D eigenvalue weighted by Crippen LogP contribution is -2.48. The molecule has 0 bridgehead atoms. The first-order valence-corrected chi connectivity index (χ1v) is 13.7. The molecule has 4 atom stereocenters. The van der Waals surface area contributed by atoms with E-state index < -0.39 is 38.5 Å². The van der Waals surface area contributed by atoms with E-state index in [1.807, 2.05) is 13.0 Å². The summed E-state index contributed by atoms with van der Waals surface area (Å²) in [6.07, 6.45) is 7.22. The van der Waals surface area contributed by atoms with Crippen LogP contribution in [0.4, 0.5) is 20.4 Å². The smallest absolute Gasteiger partial charge is 0.229 e. The molecule has 0 amide bonds. The highest BCUT2D eigenvalue weighted by atomic mass is 32.2. The number of fused-ring (bicyclic) bond motifs is 1. The Hall–Kier alpha value is -3.64. The molecule has 1 saturated carbocycles. The second-order valence-corrected chi connectivity index (χ2v) is 11.8. The first kappa shape index (κ1) is 25.0. The normalized spacial score (nSPS) is 22.3. The Bertz CT molecular complexity index is 1560. The lowest BCUT2D eigenvalue weighted by atomic mass is 9.76. The first-order chi connectivity index (χ1) is 17.5. The molecule has 1 aromatic carbocycles. The minimum Gasteiger partial charge on any atom is -0.508 e. The van der Waals surface area contributed by atoms with Gasteiger partial charge in [-0.15, -0.1) is 0 Å². The predicted molar refractivity (Wildman–Crippen MR) is 135 cm³/mol. The Kier molecular flexibility index (Phi) is 6.32. The Morgan fingerprint density at radius 2 is 1.86 bits per heavy atom. The van der Waals surface area contributed by atoms with Crippen LogP contribution >= 0.6 is 0 Å². The fraction of sp³-hybridized carbons (Fsp3) is 0.320. The van der Waals surface area contributed by atoms with Gasteiger partial charge in [-0.05, 0) is 48.4 Å². The summed E-state index contributed by atoms with van der Waals surface area (Å²) in [4.78, 5) is 8.59. The van der Waals surface area contributed by atoms with Crippen LogP contribution in [0.5, 0.6) is 5.75 Å². The zero-order chi connectivity index (χ0) is 26.5. The van der Waals surface area contributed by atoms with Gasteiger partial charge in [0.15, 0.2) is 9.84 Å². The molecule has 0 unspecified atom stereocenters. The van der Waals surface area contributed by atoms with Crippen LogP contribution in [0, 0.1) is 17.6 Å². The van der Waals surface area contributed by atoms with Crippen molar-refractivity contribution in [2.75, 3.05) is 11.6 Å². The Morgan fingerprint density at radius 1 is 1.14 bits per heavy atom. The van der Waals surface area contributed by atoms with E-state index in [-0.39, 0.29) is 23.1 Å². The number of hydrogen-bond donors (Lipinski definition) is 3. The third-order valence-electron chi connectivity index (χ3n) is 6.90. The minimum atomic E-state index is -3.28. The standard InChI is InChI=1S/C25H26F2N6O3S/c1-13-7-14(8-20(28)24(13)37(2,35)36)17-5-6-29-12-22(17)31-25-30-11-15-3-4-21(32-33(15)25)23-18(26)9-16(34)10-19(23)27/h3-6,9-14,20,24,34H,7-8,28H2,1-2H3,(H,30,31)/t13-,14+,20+,24+/m0/s1. The van der Waals surface area contributed by atoms with Crippen LogP contribution in [-0.2, 0) is 9.84 Å². The molecule has 9 nitrogen and oxygen atoms in total. The molecule has 0 aliphatic heterocycles. The predicted octanol–water partition coefficient (Wildman–Crippen LogP) is 3.77. The van der Waals surface area contributed by atoms with E-state index in [2.05, 4.69) is 20.4 Å². The van der Waals surface area contributed by atoms with Gasteiger partial charge >= 0.3 is 0 Å². The SMILES string of the molecule is C[C@H]1C[C@@H](c2ccncc2Nc2ncc3ccc(-c4c(F)cc(O)cc4F)nn23)C[C@@H](N)[C@@H]1S(C)(=O)=O. The quantitative estimate of drug-likeness (QED) is 0.356. The summed E-state index contributed by atoms with van der Waals surface area (Å²) in [6.45, 7) is 1.90. The third kappa shape index (κ3) is 4.74. The van der Waals surface area contributed by atoms with E-state index in [0.717, 1.165) is 17.7 Å². The largest absolute Gasteiger partial charge is 0.508 e. The fourth-order valence-electron chi connectivity index (χ4n) is 5.45. The molecular weight excluding hydrogens is 502 g/mol. The Labute approximate surface area is 212 Å². The van der Waals surface area contributed by atoms with Crippen LogP contribution in [0.3, 0.4) is 0 Å². The number of pyridine rings is 1. The average molecular weight is 529 g/mol. The number of halogens is 2. The summed E-state index contributed by atoms with van der Waals surface area (Å²) in [5, 5.41) is 16.5. The number of aromatic nitrogens is 4. The van der Waals surface area contributed by atoms with Gasteiger partial charge in [-0.1, -0.05) is 6.92 Å². The minimum absolute atomic E-state index is 0.0107. The number of nitrogens with one attached hydrogen (secondary N) is 1. The number of phenolic OH excluding ortho intramolecular Hbond substituents is 1. The molecule has 37 heavy (non-hydrogen) atoms. The van der Waals surface area contributed by atoms with Gasteiger partial charge in [0.25, 0.3) is 0 Å². The number of imidazole rings is 1. The average Bonchev–Trinajstić information content (AvgIpc) is 3.19. The lowest BCUT2D eigenvalue weighted by Gasteiger charge is -2.38. The summed E-state index contributed by atoms with van der Waals surface area (Å²) < 4.78 is 54.9. The van der Waals surface area contributed by atoms with Gasteiger partial charge in [-0.3, -0.25) is 4.98 Å². The van der Waals surface area contributed by atoms with Gasteiger partial charge < -0.3 is 16.2 Å². The van der Waals surface area contributed by atoms with Crippen molar-refractivity contribution in [3.05, 3.63) is 66.1 Å². The first-order valence-electron chi connectivity index (χ1n) is 11.7. The maximum atomic E-state index is 14.5. The van der Waals surface area contributed by atoms with Crippen molar-refractivity contribution in [3.63, 3.8) is 0 Å². The number of nitrogens with two attached hydrogens (primary N) is 1. The van der Waals surface area contributed by atoms with E-state index in [4.69, 9.17) is 5.73 Å². The van der Waals surface area contributed by atoms with E-state index in [1.54, 1.807) is 24.7 Å². The molecule has 1 aliphatic carbocycles. The molecule has 1 aliphatic rings. The number of sulfone groups is 1. The van der Waals surface area contributed by atoms with Gasteiger partial charge in [-0.2, -0.15) is 9.61 Å². The van der Waals surface area contributed by atoms with Crippen LogP contribution < -0.4 is 11.1 Å². The summed E-state index contributed by atoms with van der Waals surface area (Å²) in [7, 11) is -3.28. The van der Waals surface area contributed by atoms with Gasteiger partial charge in [0.1, 0.15) is 17.4 Å². The van der Waals surface area contributed by atoms with E-state index in [0.29, 0.717) is 30.0 Å². The van der Waals surface area contributed by atoms with Crippen LogP contribution in [0.15, 0.2) is 48.9 Å². The van der Waals surface area contributed by atoms with Gasteiger partial charge in [0.2, 0.25) is 5.95 Å². The zero-order valence-corrected chi connectivity index (χ0v) is 21.0. The molecule has 0 saturated heterocycles. The van der Waals surface area contributed by atoms with Gasteiger partial charge in [-0.25, -0.2) is 22.2 Å². The van der Waals surface area contributed by atoms with Crippen LogP contribution in [-0.4, -0.2) is 50.7 Å². The number of hydrogen-bond acceptors (Lipinski definition) is 8. The highest BCUT2D eigenvalue weighted by Crippen LogP contribution is 2.41. The topological polar surface area (TPSA) is 136 Å². The fourth-order valence-corrected chi connectivity index (χ4v) is 7.15. The van der Waals surface area contributed by atoms with Crippen molar-refractivity contribution in [1.29, 1.82) is 0 Å². The highest BCUT2D eigenvalue weighted by molar-refractivity contribution is 7.91. The van der Waals surface area contributed by atoms with Crippen molar-refractivity contribution < 1.29 is 22.3 Å². The third-order valence-corrected chi connectivity index (χ3v) is 8.70. The molecule has 12 heteroatoms. The monoisotopic (exact) mass is 528 g/mol. The maximum absolute atomic E-state index is 14.5. The van der Waals surface area contributed by atoms with Crippen LogP contribution in [0.1, 0.15) is 31.2 Å². The van der Waals surface area contributed by atoms with Crippen LogP contribution in [0.25, 0.3) is 16.8 Å². The number of anilines is 2. The molecule has 4 N–H and O–H groups in total. The maximum Gasteiger partial charge on any atom is 0.229 e. The summed E-state index contributed by atoms with van der Waals surface area (Å²) in [5.41, 5.74) is 8.12. The van der Waals surface area contributed by atoms with E-state index in [1.165, 1.54) is 16.8 Å². The Balaban J connectivity index is 1.49. The number of nitrogens with zero attached hydrogens (tertiary/aromatic N) is 4. The molecule has 0 radical (unpaired) electrons. The molecule has 1 fully saturated rings. The van der Waals surface area contributed by atoms with Crippen molar-refractivity contribution in [3.8, 4) is 17.0 Å².